The highest BCUT2D eigenvalue weighted by molar-refractivity contribution is 7.11. The molecule has 22 heavy (non-hydrogen) atoms. The molecule has 6 nitrogen and oxygen atoms in total. The third-order valence-corrected chi connectivity index (χ3v) is 4.85. The number of thiazole rings is 1. The number of nitrogens with one attached hydrogen (secondary N) is 1. The lowest BCUT2D eigenvalue weighted by Crippen LogP contribution is -2.53. The number of hydrogen-bond donors (Lipinski definition) is 1. The summed E-state index contributed by atoms with van der Waals surface area (Å²) in [4.78, 5) is 26.0. The van der Waals surface area contributed by atoms with Crippen molar-refractivity contribution in [2.45, 2.75) is 34.2 Å². The predicted molar refractivity (Wildman–Crippen MR) is 90.2 cm³/mol. The Morgan fingerprint density at radius 3 is 2.41 bits per heavy atom. The monoisotopic (exact) mass is 323 g/mol. The zero-order valence-corrected chi connectivity index (χ0v) is 14.7. The third kappa shape index (κ3) is 4.19. The molecule has 0 radical (unpaired) electrons. The lowest BCUT2D eigenvalue weighted by Gasteiger charge is -2.36. The van der Waals surface area contributed by atoms with Gasteiger partial charge < -0.3 is 15.1 Å². The number of rotatable bonds is 3. The summed E-state index contributed by atoms with van der Waals surface area (Å²) in [5.74, 6) is 1.06. The van der Waals surface area contributed by atoms with Crippen LogP contribution in [0.1, 0.15) is 29.4 Å². The van der Waals surface area contributed by atoms with E-state index >= 15 is 0 Å². The molecule has 1 fully saturated rings. The van der Waals surface area contributed by atoms with Crippen molar-refractivity contribution in [3.8, 4) is 0 Å². The van der Waals surface area contributed by atoms with Gasteiger partial charge in [0.05, 0.1) is 12.2 Å². The molecular weight excluding hydrogens is 298 g/mol. The van der Waals surface area contributed by atoms with Crippen molar-refractivity contribution in [3.63, 3.8) is 0 Å². The molecule has 1 N–H and O–H groups in total. The summed E-state index contributed by atoms with van der Waals surface area (Å²) in [5.41, 5.74) is 1.09. The Balaban J connectivity index is 2.00. The van der Waals surface area contributed by atoms with E-state index in [9.17, 15) is 4.79 Å². The van der Waals surface area contributed by atoms with Crippen LogP contribution in [-0.4, -0.2) is 59.4 Å². The summed E-state index contributed by atoms with van der Waals surface area (Å²) in [6.07, 6.45) is 0. The van der Waals surface area contributed by atoms with Gasteiger partial charge in [0.25, 0.3) is 0 Å². The highest BCUT2D eigenvalue weighted by Gasteiger charge is 2.20. The standard InChI is InChI=1S/C15H25N5OS/c1-5-16-15(17-10-14-18-11(2)12(3)22-14)20-8-6-19(7-9-20)13(4)21/h5-10H2,1-4H3,(H,16,17). The summed E-state index contributed by atoms with van der Waals surface area (Å²) in [5, 5.41) is 4.39. The average molecular weight is 323 g/mol. The first-order chi connectivity index (χ1) is 10.5. The lowest BCUT2D eigenvalue weighted by atomic mass is 10.3. The number of carbonyl (C=O) groups excluding carboxylic acids is 1. The molecule has 1 aromatic heterocycles. The molecule has 0 unspecified atom stereocenters. The Morgan fingerprint density at radius 2 is 1.91 bits per heavy atom. The van der Waals surface area contributed by atoms with E-state index in [1.807, 2.05) is 11.8 Å². The maximum Gasteiger partial charge on any atom is 0.219 e. The maximum absolute atomic E-state index is 11.4. The Hall–Kier alpha value is -1.63. The normalized spacial score (nSPS) is 16.1. The number of guanidine groups is 1. The summed E-state index contributed by atoms with van der Waals surface area (Å²) in [6, 6.07) is 0. The van der Waals surface area contributed by atoms with Crippen LogP contribution < -0.4 is 5.32 Å². The second-order valence-corrected chi connectivity index (χ2v) is 6.70. The van der Waals surface area contributed by atoms with Crippen molar-refractivity contribution in [3.05, 3.63) is 15.6 Å². The van der Waals surface area contributed by atoms with Gasteiger partial charge in [0, 0.05) is 44.5 Å². The second-order valence-electron chi connectivity index (χ2n) is 5.41. The fourth-order valence-corrected chi connectivity index (χ4v) is 3.27. The van der Waals surface area contributed by atoms with Crippen LogP contribution in [-0.2, 0) is 11.3 Å². The Labute approximate surface area is 136 Å². The fourth-order valence-electron chi connectivity index (χ4n) is 2.41. The minimum atomic E-state index is 0.148. The van der Waals surface area contributed by atoms with Crippen LogP contribution >= 0.6 is 11.3 Å². The van der Waals surface area contributed by atoms with Crippen molar-refractivity contribution in [2.24, 2.45) is 4.99 Å². The first kappa shape index (κ1) is 16.7. The van der Waals surface area contributed by atoms with Crippen molar-refractivity contribution in [2.75, 3.05) is 32.7 Å². The minimum absolute atomic E-state index is 0.148. The molecular formula is C15H25N5OS. The van der Waals surface area contributed by atoms with E-state index in [-0.39, 0.29) is 5.91 Å². The molecule has 0 aromatic carbocycles. The van der Waals surface area contributed by atoms with Crippen LogP contribution in [0.25, 0.3) is 0 Å². The minimum Gasteiger partial charge on any atom is -0.357 e. The molecule has 0 spiro atoms. The van der Waals surface area contributed by atoms with Crippen LogP contribution in [0.15, 0.2) is 4.99 Å². The van der Waals surface area contributed by atoms with Crippen LogP contribution in [0.5, 0.6) is 0 Å². The number of piperazine rings is 1. The first-order valence-corrected chi connectivity index (χ1v) is 8.54. The molecule has 1 aliphatic heterocycles. The van der Waals surface area contributed by atoms with E-state index < -0.39 is 0 Å². The summed E-state index contributed by atoms with van der Waals surface area (Å²) < 4.78 is 0. The fraction of sp³-hybridized carbons (Fsp3) is 0.667. The van der Waals surface area contributed by atoms with Gasteiger partial charge in [-0.25, -0.2) is 9.98 Å². The highest BCUT2D eigenvalue weighted by Crippen LogP contribution is 2.17. The van der Waals surface area contributed by atoms with E-state index in [2.05, 4.69) is 29.0 Å². The van der Waals surface area contributed by atoms with Crippen LogP contribution in [0.2, 0.25) is 0 Å². The van der Waals surface area contributed by atoms with Crippen LogP contribution in [0.3, 0.4) is 0 Å². The van der Waals surface area contributed by atoms with Gasteiger partial charge in [-0.2, -0.15) is 0 Å². The van der Waals surface area contributed by atoms with Gasteiger partial charge in [-0.1, -0.05) is 0 Å². The molecule has 0 bridgehead atoms. The molecule has 0 saturated carbocycles. The zero-order valence-electron chi connectivity index (χ0n) is 13.8. The molecule has 0 atom stereocenters. The molecule has 1 aromatic rings. The number of carbonyl (C=O) groups is 1. The molecule has 122 valence electrons. The quantitative estimate of drug-likeness (QED) is 0.674. The van der Waals surface area contributed by atoms with Gasteiger partial charge in [0.15, 0.2) is 5.96 Å². The van der Waals surface area contributed by atoms with Crippen molar-refractivity contribution in [1.29, 1.82) is 0 Å². The van der Waals surface area contributed by atoms with E-state index in [0.29, 0.717) is 6.54 Å². The number of hydrogen-bond acceptors (Lipinski definition) is 4. The lowest BCUT2D eigenvalue weighted by molar-refractivity contribution is -0.130. The highest BCUT2D eigenvalue weighted by atomic mass is 32.1. The van der Waals surface area contributed by atoms with Crippen molar-refractivity contribution >= 4 is 23.2 Å². The zero-order chi connectivity index (χ0) is 16.1. The van der Waals surface area contributed by atoms with Crippen LogP contribution in [0, 0.1) is 13.8 Å². The van der Waals surface area contributed by atoms with E-state index in [0.717, 1.165) is 49.4 Å². The molecule has 1 aliphatic rings. The number of aliphatic imine (C=N–C) groups is 1. The Morgan fingerprint density at radius 1 is 1.27 bits per heavy atom. The van der Waals surface area contributed by atoms with Gasteiger partial charge in [-0.05, 0) is 20.8 Å². The Kier molecular flexibility index (Phi) is 5.76. The second kappa shape index (κ2) is 7.58. The first-order valence-electron chi connectivity index (χ1n) is 7.73. The third-order valence-electron chi connectivity index (χ3n) is 3.80. The number of aromatic nitrogens is 1. The SMILES string of the molecule is CCNC(=NCc1nc(C)c(C)s1)N1CCN(C(C)=O)CC1. The molecule has 7 heteroatoms. The van der Waals surface area contributed by atoms with Gasteiger partial charge in [0.1, 0.15) is 5.01 Å². The smallest absolute Gasteiger partial charge is 0.219 e. The predicted octanol–water partition coefficient (Wildman–Crippen LogP) is 1.39. The molecule has 1 saturated heterocycles. The summed E-state index contributed by atoms with van der Waals surface area (Å²) in [6.45, 7) is 12.4. The molecule has 0 aliphatic carbocycles. The Bertz CT molecular complexity index is 527. The largest absolute Gasteiger partial charge is 0.357 e. The summed E-state index contributed by atoms with van der Waals surface area (Å²) in [7, 11) is 0. The number of amides is 1. The van der Waals surface area contributed by atoms with E-state index in [1.165, 1.54) is 4.88 Å². The van der Waals surface area contributed by atoms with Gasteiger partial charge >= 0.3 is 0 Å². The average Bonchev–Trinajstić information content (AvgIpc) is 2.82. The molecule has 2 heterocycles. The molecule has 1 amide bonds. The molecule has 2 rings (SSSR count). The van der Waals surface area contributed by atoms with Gasteiger partial charge in [0.2, 0.25) is 5.91 Å². The van der Waals surface area contributed by atoms with Crippen molar-refractivity contribution in [1.82, 2.24) is 20.1 Å². The number of nitrogens with zero attached hydrogens (tertiary/aromatic N) is 4. The maximum atomic E-state index is 11.4. The van der Waals surface area contributed by atoms with Crippen molar-refractivity contribution < 1.29 is 4.79 Å². The van der Waals surface area contributed by atoms with Crippen LogP contribution in [0.4, 0.5) is 0 Å². The van der Waals surface area contributed by atoms with E-state index in [1.54, 1.807) is 18.3 Å². The van der Waals surface area contributed by atoms with E-state index in [4.69, 9.17) is 4.99 Å². The van der Waals surface area contributed by atoms with Gasteiger partial charge in [-0.15, -0.1) is 11.3 Å². The topological polar surface area (TPSA) is 60.8 Å². The number of aryl methyl sites for hydroxylation is 2. The summed E-state index contributed by atoms with van der Waals surface area (Å²) >= 11 is 1.71. The van der Waals surface area contributed by atoms with Gasteiger partial charge in [-0.3, -0.25) is 4.79 Å².